The predicted octanol–water partition coefficient (Wildman–Crippen LogP) is 2.19. The van der Waals surface area contributed by atoms with E-state index in [-0.39, 0.29) is 36.9 Å². The Hall–Kier alpha value is -1.38. The number of anilines is 1. The Balaban J connectivity index is 2.39. The lowest BCUT2D eigenvalue weighted by Gasteiger charge is -2.15. The van der Waals surface area contributed by atoms with Gasteiger partial charge in [0.1, 0.15) is 5.70 Å². The maximum absolute atomic E-state index is 12.5. The van der Waals surface area contributed by atoms with Crippen molar-refractivity contribution in [2.45, 2.75) is 6.92 Å². The summed E-state index contributed by atoms with van der Waals surface area (Å²) in [5.41, 5.74) is 2.10. The van der Waals surface area contributed by atoms with E-state index in [0.29, 0.717) is 5.69 Å². The van der Waals surface area contributed by atoms with E-state index >= 15 is 0 Å². The zero-order valence-electron chi connectivity index (χ0n) is 12.7. The van der Waals surface area contributed by atoms with E-state index in [1.54, 1.807) is 0 Å². The van der Waals surface area contributed by atoms with Gasteiger partial charge in [0.2, 0.25) is 0 Å². The minimum Gasteiger partial charge on any atom is -0.466 e. The molecule has 6 nitrogen and oxygen atoms in total. The normalized spacial score (nSPS) is 14.5. The second-order valence-corrected chi connectivity index (χ2v) is 6.71. The average molecular weight is 448 g/mol. The summed E-state index contributed by atoms with van der Waals surface area (Å²) < 4.78 is 6.39. The van der Waals surface area contributed by atoms with Crippen LogP contribution in [0.2, 0.25) is 0 Å². The summed E-state index contributed by atoms with van der Waals surface area (Å²) in [6, 6.07) is 3.72. The highest BCUT2D eigenvalue weighted by Gasteiger charge is 2.34. The molecule has 0 fully saturated rings. The van der Waals surface area contributed by atoms with E-state index in [1.165, 1.54) is 12.0 Å². The molecule has 0 radical (unpaired) electrons. The monoisotopic (exact) mass is 446 g/mol. The van der Waals surface area contributed by atoms with Gasteiger partial charge >= 0.3 is 5.97 Å². The number of esters is 1. The molecule has 1 aliphatic heterocycles. The third-order valence-electron chi connectivity index (χ3n) is 3.46. The van der Waals surface area contributed by atoms with E-state index in [9.17, 15) is 9.59 Å². The molecule has 0 saturated heterocycles. The number of hydrogen-bond acceptors (Lipinski definition) is 5. The van der Waals surface area contributed by atoms with E-state index < -0.39 is 5.97 Å². The smallest absolute Gasteiger partial charge is 0.337 e. The average Bonchev–Trinajstić information content (AvgIpc) is 2.81. The first-order valence-corrected chi connectivity index (χ1v) is 8.42. The summed E-state index contributed by atoms with van der Waals surface area (Å²) in [7, 11) is 1.27. The minimum absolute atomic E-state index is 0.110. The number of rotatable bonds is 5. The lowest BCUT2D eigenvalue weighted by atomic mass is 10.2. The number of carbonyl (C=O) groups is 2. The van der Waals surface area contributed by atoms with Gasteiger partial charge in [-0.25, -0.2) is 4.79 Å². The lowest BCUT2D eigenvalue weighted by Crippen LogP contribution is -2.31. The zero-order valence-corrected chi connectivity index (χ0v) is 15.8. The van der Waals surface area contributed by atoms with Crippen molar-refractivity contribution in [1.82, 2.24) is 4.90 Å². The molecule has 1 aromatic rings. The molecular weight excluding hydrogens is 432 g/mol. The molecule has 124 valence electrons. The highest BCUT2D eigenvalue weighted by Crippen LogP contribution is 2.32. The molecule has 0 spiro atoms. The van der Waals surface area contributed by atoms with Gasteiger partial charge in [-0.3, -0.25) is 4.79 Å². The van der Waals surface area contributed by atoms with Gasteiger partial charge in [0, 0.05) is 15.5 Å². The second kappa shape index (κ2) is 7.46. The van der Waals surface area contributed by atoms with Crippen LogP contribution in [0.15, 0.2) is 32.3 Å². The summed E-state index contributed by atoms with van der Waals surface area (Å²) in [6.45, 7) is 2.04. The van der Waals surface area contributed by atoms with Crippen LogP contribution in [-0.4, -0.2) is 48.7 Å². The summed E-state index contributed by atoms with van der Waals surface area (Å²) in [5.74, 6) is -0.911. The number of nitrogens with one attached hydrogen (secondary N) is 1. The molecule has 0 unspecified atom stereocenters. The number of β-amino-alcohol motifs (C(OH)–C–C–N with tert-alkyl or cyclic N) is 1. The van der Waals surface area contributed by atoms with Gasteiger partial charge in [0.05, 0.1) is 31.5 Å². The largest absolute Gasteiger partial charge is 0.466 e. The van der Waals surface area contributed by atoms with Gasteiger partial charge in [-0.2, -0.15) is 0 Å². The SMILES string of the molecule is COC(=O)C1=C(Nc2cc(Br)c(C)cc2Br)C(=O)N(CCO)C1. The Labute approximate surface area is 150 Å². The molecule has 0 bridgehead atoms. The molecule has 0 saturated carbocycles. The van der Waals surface area contributed by atoms with Crippen molar-refractivity contribution >= 4 is 49.4 Å². The number of amides is 1. The van der Waals surface area contributed by atoms with Crippen LogP contribution in [0, 0.1) is 6.92 Å². The van der Waals surface area contributed by atoms with E-state index in [2.05, 4.69) is 37.2 Å². The molecule has 23 heavy (non-hydrogen) atoms. The molecule has 2 rings (SSSR count). The second-order valence-electron chi connectivity index (χ2n) is 5.00. The van der Waals surface area contributed by atoms with Crippen molar-refractivity contribution in [3.8, 4) is 0 Å². The Bertz CT molecular complexity index is 688. The number of benzene rings is 1. The van der Waals surface area contributed by atoms with Crippen LogP contribution in [0.25, 0.3) is 0 Å². The Kier molecular flexibility index (Phi) is 5.83. The summed E-state index contributed by atoms with van der Waals surface area (Å²) >= 11 is 6.88. The first kappa shape index (κ1) is 18.0. The molecule has 2 N–H and O–H groups in total. The number of nitrogens with zero attached hydrogens (tertiary/aromatic N) is 1. The Morgan fingerprint density at radius 3 is 2.70 bits per heavy atom. The van der Waals surface area contributed by atoms with Crippen molar-refractivity contribution in [3.05, 3.63) is 37.9 Å². The molecule has 8 heteroatoms. The van der Waals surface area contributed by atoms with E-state index in [0.717, 1.165) is 14.5 Å². The van der Waals surface area contributed by atoms with Crippen LogP contribution in [0.3, 0.4) is 0 Å². The van der Waals surface area contributed by atoms with Gasteiger partial charge in [0.25, 0.3) is 5.91 Å². The topological polar surface area (TPSA) is 78.9 Å². The third kappa shape index (κ3) is 3.76. The fourth-order valence-corrected chi connectivity index (χ4v) is 3.13. The quantitative estimate of drug-likeness (QED) is 0.676. The maximum atomic E-state index is 12.5. The number of hydrogen-bond donors (Lipinski definition) is 2. The first-order chi connectivity index (χ1) is 10.9. The molecule has 1 amide bonds. The molecule has 1 aromatic carbocycles. The summed E-state index contributed by atoms with van der Waals surface area (Å²) in [6.07, 6.45) is 0. The number of aliphatic hydroxyl groups is 1. The number of aliphatic hydroxyl groups excluding tert-OH is 1. The number of methoxy groups -OCH3 is 1. The fraction of sp³-hybridized carbons (Fsp3) is 0.333. The van der Waals surface area contributed by atoms with E-state index in [4.69, 9.17) is 9.84 Å². The van der Waals surface area contributed by atoms with E-state index in [1.807, 2.05) is 19.1 Å². The standard InChI is InChI=1S/C15H16Br2N2O4/c1-8-5-11(17)12(6-10(8)16)18-13-9(15(22)23-2)7-19(3-4-20)14(13)21/h5-6,18,20H,3-4,7H2,1-2H3. The fourth-order valence-electron chi connectivity index (χ4n) is 2.23. The first-order valence-electron chi connectivity index (χ1n) is 6.83. The van der Waals surface area contributed by atoms with Crippen LogP contribution in [0.4, 0.5) is 5.69 Å². The van der Waals surface area contributed by atoms with Crippen molar-refractivity contribution in [3.63, 3.8) is 0 Å². The lowest BCUT2D eigenvalue weighted by molar-refractivity contribution is -0.136. The molecule has 1 aliphatic rings. The molecule has 0 aliphatic carbocycles. The number of halogens is 2. The summed E-state index contributed by atoms with van der Waals surface area (Å²) in [4.78, 5) is 25.8. The molecule has 1 heterocycles. The molecular formula is C15H16Br2N2O4. The number of aryl methyl sites for hydroxylation is 1. The zero-order chi connectivity index (χ0) is 17.1. The van der Waals surface area contributed by atoms with Crippen molar-refractivity contribution < 1.29 is 19.4 Å². The van der Waals surface area contributed by atoms with Gasteiger partial charge in [-0.15, -0.1) is 0 Å². The van der Waals surface area contributed by atoms with Gasteiger partial charge in [0.15, 0.2) is 0 Å². The van der Waals surface area contributed by atoms with Crippen LogP contribution < -0.4 is 5.32 Å². The highest BCUT2D eigenvalue weighted by molar-refractivity contribution is 9.11. The molecule has 0 aromatic heterocycles. The van der Waals surface area contributed by atoms with Crippen LogP contribution >= 0.6 is 31.9 Å². The van der Waals surface area contributed by atoms with Crippen LogP contribution in [0.5, 0.6) is 0 Å². The Morgan fingerprint density at radius 2 is 2.09 bits per heavy atom. The predicted molar refractivity (Wildman–Crippen MR) is 92.9 cm³/mol. The van der Waals surface area contributed by atoms with Crippen molar-refractivity contribution in [2.24, 2.45) is 0 Å². The van der Waals surface area contributed by atoms with Crippen LogP contribution in [-0.2, 0) is 14.3 Å². The molecule has 0 atom stereocenters. The van der Waals surface area contributed by atoms with Crippen molar-refractivity contribution in [2.75, 3.05) is 32.1 Å². The van der Waals surface area contributed by atoms with Crippen molar-refractivity contribution in [1.29, 1.82) is 0 Å². The Morgan fingerprint density at radius 1 is 1.39 bits per heavy atom. The van der Waals surface area contributed by atoms with Crippen LogP contribution in [0.1, 0.15) is 5.56 Å². The maximum Gasteiger partial charge on any atom is 0.337 e. The third-order valence-corrected chi connectivity index (χ3v) is 4.97. The number of ether oxygens (including phenoxy) is 1. The summed E-state index contributed by atoms with van der Waals surface area (Å²) in [5, 5.41) is 12.1. The minimum atomic E-state index is -0.566. The van der Waals surface area contributed by atoms with Gasteiger partial charge in [-0.05, 0) is 40.5 Å². The highest BCUT2D eigenvalue weighted by atomic mass is 79.9. The number of carbonyl (C=O) groups excluding carboxylic acids is 2. The van der Waals surface area contributed by atoms with Gasteiger partial charge < -0.3 is 20.1 Å². The van der Waals surface area contributed by atoms with Gasteiger partial charge in [-0.1, -0.05) is 15.9 Å².